The van der Waals surface area contributed by atoms with Crippen LogP contribution < -0.4 is 10.9 Å². The second-order valence-corrected chi connectivity index (χ2v) is 11.2. The van der Waals surface area contributed by atoms with E-state index in [1.54, 1.807) is 6.20 Å². The van der Waals surface area contributed by atoms with E-state index in [2.05, 4.69) is 10.4 Å². The summed E-state index contributed by atoms with van der Waals surface area (Å²) in [5, 5.41) is 7.71. The van der Waals surface area contributed by atoms with E-state index in [1.807, 2.05) is 32.0 Å². The third-order valence-corrected chi connectivity index (χ3v) is 9.13. The number of sulfonamides is 1. The summed E-state index contributed by atoms with van der Waals surface area (Å²) in [7, 11) is -3.59. The van der Waals surface area contributed by atoms with E-state index in [9.17, 15) is 13.2 Å². The summed E-state index contributed by atoms with van der Waals surface area (Å²) in [6.45, 7) is 6.48. The molecule has 33 heavy (non-hydrogen) atoms. The van der Waals surface area contributed by atoms with Crippen LogP contribution in [0.25, 0.3) is 0 Å². The number of hydrogen-bond donors (Lipinski definition) is 1. The van der Waals surface area contributed by atoms with Crippen molar-refractivity contribution in [3.05, 3.63) is 50.9 Å². The molecule has 0 unspecified atom stereocenters. The first-order valence-corrected chi connectivity index (χ1v) is 13.3. The van der Waals surface area contributed by atoms with E-state index in [0.717, 1.165) is 30.6 Å². The minimum Gasteiger partial charge on any atom is -0.382 e. The highest BCUT2D eigenvalue weighted by molar-refractivity contribution is 7.89. The zero-order valence-corrected chi connectivity index (χ0v) is 20.7. The number of nitrogens with one attached hydrogen (secondary N) is 1. The summed E-state index contributed by atoms with van der Waals surface area (Å²) in [4.78, 5) is 13.3. The van der Waals surface area contributed by atoms with Gasteiger partial charge in [0, 0.05) is 26.2 Å². The number of piperidine rings is 1. The first kappa shape index (κ1) is 24.2. The number of anilines is 1. The molecule has 10 heteroatoms. The Morgan fingerprint density at radius 3 is 2.52 bits per heavy atom. The van der Waals surface area contributed by atoms with Crippen LogP contribution in [0.3, 0.4) is 0 Å². The number of aromatic nitrogens is 2. The van der Waals surface area contributed by atoms with Crippen LogP contribution in [0.5, 0.6) is 0 Å². The summed E-state index contributed by atoms with van der Waals surface area (Å²) >= 11 is 6.38. The molecule has 0 saturated carbocycles. The quantitative estimate of drug-likeness (QED) is 0.661. The highest BCUT2D eigenvalue weighted by atomic mass is 35.5. The van der Waals surface area contributed by atoms with Gasteiger partial charge in [-0.15, -0.1) is 0 Å². The number of nitrogens with zero attached hydrogens (tertiary/aromatic N) is 3. The molecule has 8 nitrogen and oxygen atoms in total. The van der Waals surface area contributed by atoms with E-state index in [1.165, 1.54) is 8.99 Å². The molecule has 0 aliphatic carbocycles. The Balaban J connectivity index is 1.43. The molecule has 2 fully saturated rings. The van der Waals surface area contributed by atoms with Crippen LogP contribution in [-0.2, 0) is 14.8 Å². The lowest BCUT2D eigenvalue weighted by molar-refractivity contribution is 0.0595. The van der Waals surface area contributed by atoms with Crippen LogP contribution in [0.4, 0.5) is 5.69 Å². The van der Waals surface area contributed by atoms with Gasteiger partial charge in [-0.1, -0.05) is 29.8 Å². The van der Waals surface area contributed by atoms with E-state index >= 15 is 0 Å². The SMILES string of the molecule is Cc1cccc(C)c1S(=O)(=O)N1CCC(n2ncc(NC[C@@H]3CCCOC3)c(Cl)c2=O)CC1. The topological polar surface area (TPSA) is 93.5 Å². The second kappa shape index (κ2) is 10.1. The van der Waals surface area contributed by atoms with Gasteiger partial charge in [0.05, 0.1) is 29.4 Å². The third kappa shape index (κ3) is 5.11. The Kier molecular flexibility index (Phi) is 7.43. The maximum atomic E-state index is 13.2. The number of aryl methyl sites for hydroxylation is 2. The molecule has 1 atom stereocenters. The molecule has 2 saturated heterocycles. The van der Waals surface area contributed by atoms with Gasteiger partial charge in [0.2, 0.25) is 10.0 Å². The fourth-order valence-electron chi connectivity index (χ4n) is 4.71. The predicted molar refractivity (Wildman–Crippen MR) is 128 cm³/mol. The second-order valence-electron chi connectivity index (χ2n) is 8.94. The van der Waals surface area contributed by atoms with Gasteiger partial charge in [-0.3, -0.25) is 4.79 Å². The van der Waals surface area contributed by atoms with Gasteiger partial charge in [0.15, 0.2) is 0 Å². The largest absolute Gasteiger partial charge is 0.382 e. The lowest BCUT2D eigenvalue weighted by Gasteiger charge is -2.32. The molecular formula is C23H31ClN4O4S. The Morgan fingerprint density at radius 1 is 1.18 bits per heavy atom. The van der Waals surface area contributed by atoms with Crippen LogP contribution >= 0.6 is 11.6 Å². The van der Waals surface area contributed by atoms with Crippen LogP contribution in [0.15, 0.2) is 34.1 Å². The standard InChI is InChI=1S/C23H31ClN4O4S/c1-16-5-3-6-17(2)22(16)33(30,31)27-10-8-19(9-11-27)28-23(29)21(24)20(14-26-28)25-13-18-7-4-12-32-15-18/h3,5-6,14,18-19,25H,4,7-13,15H2,1-2H3/t18-/m0/s1. The monoisotopic (exact) mass is 494 g/mol. The van der Waals surface area contributed by atoms with Crippen molar-refractivity contribution in [3.63, 3.8) is 0 Å². The van der Waals surface area contributed by atoms with Crippen molar-refractivity contribution in [2.75, 3.05) is 38.2 Å². The smallest absolute Gasteiger partial charge is 0.287 e. The molecule has 4 rings (SSSR count). The van der Waals surface area contributed by atoms with Crippen molar-refractivity contribution in [1.29, 1.82) is 0 Å². The maximum absolute atomic E-state index is 13.2. The molecule has 2 aliphatic heterocycles. The molecule has 0 spiro atoms. The molecule has 0 amide bonds. The van der Waals surface area contributed by atoms with Gasteiger partial charge in [-0.25, -0.2) is 13.1 Å². The molecule has 1 N–H and O–H groups in total. The number of ether oxygens (including phenoxy) is 1. The van der Waals surface area contributed by atoms with Gasteiger partial charge >= 0.3 is 0 Å². The summed E-state index contributed by atoms with van der Waals surface area (Å²) in [5.41, 5.74) is 1.66. The minimum absolute atomic E-state index is 0.118. The molecule has 2 aromatic rings. The van der Waals surface area contributed by atoms with Gasteiger partial charge in [0.1, 0.15) is 5.02 Å². The molecule has 2 aliphatic rings. The van der Waals surface area contributed by atoms with Gasteiger partial charge in [0.25, 0.3) is 5.56 Å². The molecule has 1 aromatic carbocycles. The summed E-state index contributed by atoms with van der Waals surface area (Å²) in [6.07, 6.45) is 4.71. The lowest BCUT2D eigenvalue weighted by atomic mass is 10.0. The number of hydrogen-bond acceptors (Lipinski definition) is 6. The van der Waals surface area contributed by atoms with Crippen molar-refractivity contribution in [3.8, 4) is 0 Å². The highest BCUT2D eigenvalue weighted by Gasteiger charge is 2.32. The van der Waals surface area contributed by atoms with Crippen molar-refractivity contribution in [1.82, 2.24) is 14.1 Å². The summed E-state index contributed by atoms with van der Waals surface area (Å²) < 4.78 is 34.9. The molecule has 0 radical (unpaired) electrons. The molecule has 0 bridgehead atoms. The third-order valence-electron chi connectivity index (χ3n) is 6.56. The van der Waals surface area contributed by atoms with Gasteiger partial charge in [-0.2, -0.15) is 9.40 Å². The first-order chi connectivity index (χ1) is 15.8. The number of benzene rings is 1. The molecule has 3 heterocycles. The van der Waals surface area contributed by atoms with E-state index in [-0.39, 0.29) is 16.6 Å². The predicted octanol–water partition coefficient (Wildman–Crippen LogP) is 3.38. The highest BCUT2D eigenvalue weighted by Crippen LogP contribution is 2.29. The van der Waals surface area contributed by atoms with Gasteiger partial charge < -0.3 is 10.1 Å². The van der Waals surface area contributed by atoms with Crippen LogP contribution in [0.1, 0.15) is 42.9 Å². The van der Waals surface area contributed by atoms with Crippen molar-refractivity contribution >= 4 is 27.3 Å². The Morgan fingerprint density at radius 2 is 1.88 bits per heavy atom. The average Bonchev–Trinajstić information content (AvgIpc) is 2.80. The fourth-order valence-corrected chi connectivity index (χ4v) is 6.81. The van der Waals surface area contributed by atoms with E-state index in [0.29, 0.717) is 55.6 Å². The van der Waals surface area contributed by atoms with Crippen molar-refractivity contribution in [2.24, 2.45) is 5.92 Å². The van der Waals surface area contributed by atoms with Gasteiger partial charge in [-0.05, 0) is 56.6 Å². The molecule has 180 valence electrons. The van der Waals surface area contributed by atoms with Crippen molar-refractivity contribution in [2.45, 2.75) is 50.5 Å². The minimum atomic E-state index is -3.59. The zero-order valence-electron chi connectivity index (χ0n) is 19.1. The number of rotatable bonds is 6. The lowest BCUT2D eigenvalue weighted by Crippen LogP contribution is -2.41. The van der Waals surface area contributed by atoms with E-state index < -0.39 is 10.0 Å². The van der Waals surface area contributed by atoms with Crippen LogP contribution in [-0.4, -0.2) is 55.4 Å². The van der Waals surface area contributed by atoms with Crippen molar-refractivity contribution < 1.29 is 13.2 Å². The summed E-state index contributed by atoms with van der Waals surface area (Å²) in [6, 6.07) is 5.30. The maximum Gasteiger partial charge on any atom is 0.287 e. The fraction of sp³-hybridized carbons (Fsp3) is 0.565. The molecule has 1 aromatic heterocycles. The zero-order chi connectivity index (χ0) is 23.6. The summed E-state index contributed by atoms with van der Waals surface area (Å²) in [5.74, 6) is 0.389. The normalized spacial score (nSPS) is 20.6. The van der Waals surface area contributed by atoms with Crippen LogP contribution in [0, 0.1) is 19.8 Å². The Labute approximate surface area is 199 Å². The van der Waals surface area contributed by atoms with Crippen LogP contribution in [0.2, 0.25) is 5.02 Å². The first-order valence-electron chi connectivity index (χ1n) is 11.4. The molecular weight excluding hydrogens is 464 g/mol. The van der Waals surface area contributed by atoms with E-state index in [4.69, 9.17) is 16.3 Å². The average molecular weight is 495 g/mol. The Hall–Kier alpha value is -1.94. The Bertz CT molecular complexity index is 1130. The number of halogens is 1.